The van der Waals surface area contributed by atoms with Crippen LogP contribution >= 0.6 is 47.8 Å². The minimum Gasteiger partial charge on any atom is -0.441 e. The van der Waals surface area contributed by atoms with Crippen LogP contribution in [0.25, 0.3) is 0 Å². The molecule has 1 heterocycles. The Morgan fingerprint density at radius 1 is 1.25 bits per heavy atom. The van der Waals surface area contributed by atoms with E-state index in [1.165, 1.54) is 0 Å². The Balaban J connectivity index is 3.14. The van der Waals surface area contributed by atoms with E-state index in [0.29, 0.717) is 4.67 Å². The Kier molecular flexibility index (Phi) is 2.17. The normalized spacial score (nSPS) is 9.88. The highest BCUT2D eigenvalue weighted by Gasteiger charge is 2.00. The highest BCUT2D eigenvalue weighted by atomic mass is 79.9. The van der Waals surface area contributed by atoms with Crippen molar-refractivity contribution in [1.29, 1.82) is 0 Å². The summed E-state index contributed by atoms with van der Waals surface area (Å²) in [5.74, 6) is 0. The maximum absolute atomic E-state index is 5.00. The summed E-state index contributed by atoms with van der Waals surface area (Å²) < 4.78 is 7.35. The highest BCUT2D eigenvalue weighted by Crippen LogP contribution is 2.29. The van der Waals surface area contributed by atoms with Gasteiger partial charge in [0.15, 0.2) is 9.34 Å². The summed E-state index contributed by atoms with van der Waals surface area (Å²) in [4.78, 5) is 0. The van der Waals surface area contributed by atoms with Gasteiger partial charge in [-0.05, 0) is 47.8 Å². The first-order chi connectivity index (χ1) is 3.70. The van der Waals surface area contributed by atoms with Gasteiger partial charge in [0.1, 0.15) is 0 Å². The quantitative estimate of drug-likeness (QED) is 0.714. The lowest BCUT2D eigenvalue weighted by atomic mass is 10.7. The standard InChI is InChI=1S/C4HBr3O/c5-2-1-3(6)8-4(2)7/h1H. The van der Waals surface area contributed by atoms with Gasteiger partial charge in [-0.2, -0.15) is 0 Å². The fraction of sp³-hybridized carbons (Fsp3) is 0. The van der Waals surface area contributed by atoms with E-state index in [0.717, 1.165) is 9.14 Å². The van der Waals surface area contributed by atoms with Gasteiger partial charge in [0.05, 0.1) is 4.47 Å². The van der Waals surface area contributed by atoms with E-state index in [1.54, 1.807) is 0 Å². The van der Waals surface area contributed by atoms with Crippen molar-refractivity contribution >= 4 is 47.8 Å². The molecule has 4 heteroatoms. The molecule has 0 amide bonds. The van der Waals surface area contributed by atoms with Crippen LogP contribution in [0.1, 0.15) is 0 Å². The molecule has 0 fully saturated rings. The average molecular weight is 305 g/mol. The Morgan fingerprint density at radius 2 is 1.88 bits per heavy atom. The molecule has 44 valence electrons. The molecule has 0 atom stereocenters. The van der Waals surface area contributed by atoms with E-state index in [1.807, 2.05) is 6.07 Å². The second-order valence-electron chi connectivity index (χ2n) is 1.17. The average Bonchev–Trinajstić information content (AvgIpc) is 1.85. The Bertz CT molecular complexity index is 174. The SMILES string of the molecule is Brc1cc(Br)c(Br)o1. The van der Waals surface area contributed by atoms with E-state index in [2.05, 4.69) is 47.8 Å². The van der Waals surface area contributed by atoms with Crippen LogP contribution in [0, 0.1) is 0 Å². The molecular formula is C4HBr3O. The summed E-state index contributed by atoms with van der Waals surface area (Å²) in [5.41, 5.74) is 0. The van der Waals surface area contributed by atoms with Crippen molar-refractivity contribution in [3.05, 3.63) is 19.9 Å². The van der Waals surface area contributed by atoms with Crippen molar-refractivity contribution in [2.75, 3.05) is 0 Å². The molecule has 0 aliphatic rings. The largest absolute Gasteiger partial charge is 0.441 e. The predicted octanol–water partition coefficient (Wildman–Crippen LogP) is 3.57. The summed E-state index contributed by atoms with van der Waals surface area (Å²) in [6.07, 6.45) is 0. The molecule has 0 bridgehead atoms. The lowest BCUT2D eigenvalue weighted by molar-refractivity contribution is 0.515. The van der Waals surface area contributed by atoms with E-state index in [-0.39, 0.29) is 0 Å². The first-order valence-electron chi connectivity index (χ1n) is 1.80. The summed E-state index contributed by atoms with van der Waals surface area (Å²) in [6, 6.07) is 1.82. The van der Waals surface area contributed by atoms with Crippen molar-refractivity contribution in [3.8, 4) is 0 Å². The smallest absolute Gasteiger partial charge is 0.184 e. The fourth-order valence-corrected chi connectivity index (χ4v) is 1.81. The van der Waals surface area contributed by atoms with Crippen LogP contribution in [0.2, 0.25) is 0 Å². The molecule has 0 radical (unpaired) electrons. The van der Waals surface area contributed by atoms with Gasteiger partial charge in [-0.1, -0.05) is 0 Å². The lowest BCUT2D eigenvalue weighted by Gasteiger charge is -1.75. The van der Waals surface area contributed by atoms with E-state index in [4.69, 9.17) is 4.42 Å². The van der Waals surface area contributed by atoms with Gasteiger partial charge in [-0.15, -0.1) is 0 Å². The van der Waals surface area contributed by atoms with Crippen molar-refractivity contribution in [2.45, 2.75) is 0 Å². The minimum atomic E-state index is 0.712. The third-order valence-electron chi connectivity index (χ3n) is 0.615. The molecule has 0 aliphatic carbocycles. The molecule has 0 spiro atoms. The molecule has 1 rings (SSSR count). The van der Waals surface area contributed by atoms with Gasteiger partial charge >= 0.3 is 0 Å². The Hall–Kier alpha value is 0.720. The third kappa shape index (κ3) is 1.36. The zero-order valence-electron chi connectivity index (χ0n) is 3.62. The van der Waals surface area contributed by atoms with Gasteiger partial charge in [0, 0.05) is 6.07 Å². The summed E-state index contributed by atoms with van der Waals surface area (Å²) in [7, 11) is 0. The molecule has 1 aromatic rings. The maximum Gasteiger partial charge on any atom is 0.184 e. The van der Waals surface area contributed by atoms with Gasteiger partial charge < -0.3 is 4.42 Å². The maximum atomic E-state index is 5.00. The van der Waals surface area contributed by atoms with Crippen LogP contribution in [0.15, 0.2) is 24.3 Å². The van der Waals surface area contributed by atoms with Crippen LogP contribution in [0.3, 0.4) is 0 Å². The molecule has 0 aromatic carbocycles. The van der Waals surface area contributed by atoms with Gasteiger partial charge in [0.2, 0.25) is 0 Å². The molecule has 1 nitrogen and oxygen atoms in total. The number of hydrogen-bond donors (Lipinski definition) is 0. The first-order valence-corrected chi connectivity index (χ1v) is 4.18. The molecule has 0 saturated carbocycles. The Labute approximate surface area is 71.8 Å². The predicted molar refractivity (Wildman–Crippen MR) is 41.8 cm³/mol. The molecular weight excluding hydrogens is 304 g/mol. The molecule has 0 unspecified atom stereocenters. The number of furan rings is 1. The molecule has 0 aliphatic heterocycles. The minimum absolute atomic E-state index is 0.712. The van der Waals surface area contributed by atoms with Crippen LogP contribution in [0.5, 0.6) is 0 Å². The van der Waals surface area contributed by atoms with Crippen LogP contribution in [-0.2, 0) is 0 Å². The van der Waals surface area contributed by atoms with Crippen molar-refractivity contribution in [1.82, 2.24) is 0 Å². The zero-order chi connectivity index (χ0) is 6.15. The van der Waals surface area contributed by atoms with Crippen molar-refractivity contribution < 1.29 is 4.42 Å². The molecule has 0 N–H and O–H groups in total. The summed E-state index contributed by atoms with van der Waals surface area (Å²) in [6.45, 7) is 0. The monoisotopic (exact) mass is 302 g/mol. The van der Waals surface area contributed by atoms with E-state index >= 15 is 0 Å². The summed E-state index contributed by atoms with van der Waals surface area (Å²) >= 11 is 9.57. The van der Waals surface area contributed by atoms with Gasteiger partial charge in [-0.25, -0.2) is 0 Å². The van der Waals surface area contributed by atoms with E-state index < -0.39 is 0 Å². The zero-order valence-corrected chi connectivity index (χ0v) is 8.38. The van der Waals surface area contributed by atoms with Gasteiger partial charge in [-0.3, -0.25) is 0 Å². The Morgan fingerprint density at radius 3 is 2.00 bits per heavy atom. The molecule has 0 saturated heterocycles. The highest BCUT2D eigenvalue weighted by molar-refractivity contribution is 9.13. The van der Waals surface area contributed by atoms with Gasteiger partial charge in [0.25, 0.3) is 0 Å². The molecule has 1 aromatic heterocycles. The molecule has 8 heavy (non-hydrogen) atoms. The third-order valence-corrected chi connectivity index (χ3v) is 2.72. The van der Waals surface area contributed by atoms with Crippen LogP contribution in [-0.4, -0.2) is 0 Å². The van der Waals surface area contributed by atoms with Crippen LogP contribution < -0.4 is 0 Å². The second kappa shape index (κ2) is 2.54. The number of rotatable bonds is 0. The summed E-state index contributed by atoms with van der Waals surface area (Å²) in [5, 5.41) is 0. The fourth-order valence-electron chi connectivity index (χ4n) is 0.320. The van der Waals surface area contributed by atoms with E-state index in [9.17, 15) is 0 Å². The van der Waals surface area contributed by atoms with Crippen molar-refractivity contribution in [3.63, 3.8) is 0 Å². The number of halogens is 3. The van der Waals surface area contributed by atoms with Crippen molar-refractivity contribution in [2.24, 2.45) is 0 Å². The number of hydrogen-bond acceptors (Lipinski definition) is 1. The first kappa shape index (κ1) is 6.83. The van der Waals surface area contributed by atoms with Crippen LogP contribution in [0.4, 0.5) is 0 Å². The second-order valence-corrected chi connectivity index (χ2v) is 3.53. The lowest BCUT2D eigenvalue weighted by Crippen LogP contribution is -1.46. The topological polar surface area (TPSA) is 13.1 Å².